The Kier molecular flexibility index (Phi) is 5.93. The number of anilines is 1. The van der Waals surface area contributed by atoms with Crippen molar-refractivity contribution in [3.05, 3.63) is 46.2 Å². The van der Waals surface area contributed by atoms with E-state index in [9.17, 15) is 4.79 Å². The van der Waals surface area contributed by atoms with Crippen molar-refractivity contribution in [1.29, 1.82) is 0 Å². The molecule has 2 aromatic rings. The molecule has 0 bridgehead atoms. The second-order valence-electron chi connectivity index (χ2n) is 7.79. The monoisotopic (exact) mass is 382 g/mol. The first kappa shape index (κ1) is 20.2. The average Bonchev–Trinajstić information content (AvgIpc) is 3.11. The van der Waals surface area contributed by atoms with Gasteiger partial charge in [-0.05, 0) is 45.7 Å². The van der Waals surface area contributed by atoms with Gasteiger partial charge in [0.25, 0.3) is 5.91 Å². The Labute approximate surface area is 167 Å². The fourth-order valence-corrected chi connectivity index (χ4v) is 3.49. The van der Waals surface area contributed by atoms with E-state index in [0.717, 1.165) is 54.5 Å². The SMILES string of the molecule is Cc1ccc(CN[C@@H]2CCN(c3nc(C(=O)N(C)C)nc(C)c3C)C2)c(C)n1. The Bertz CT molecular complexity index is 879. The topological polar surface area (TPSA) is 74.2 Å². The Morgan fingerprint density at radius 3 is 2.57 bits per heavy atom. The van der Waals surface area contributed by atoms with E-state index in [1.165, 1.54) is 10.5 Å². The summed E-state index contributed by atoms with van der Waals surface area (Å²) in [6.45, 7) is 10.6. The molecule has 0 saturated carbocycles. The van der Waals surface area contributed by atoms with Crippen molar-refractivity contribution in [3.8, 4) is 0 Å². The zero-order valence-corrected chi connectivity index (χ0v) is 17.7. The van der Waals surface area contributed by atoms with Crippen molar-refractivity contribution in [2.24, 2.45) is 0 Å². The Balaban J connectivity index is 1.70. The maximum absolute atomic E-state index is 12.3. The van der Waals surface area contributed by atoms with Gasteiger partial charge >= 0.3 is 0 Å². The molecule has 2 aromatic heterocycles. The summed E-state index contributed by atoms with van der Waals surface area (Å²) in [5.74, 6) is 0.969. The number of nitrogens with one attached hydrogen (secondary N) is 1. The van der Waals surface area contributed by atoms with Gasteiger partial charge in [-0.15, -0.1) is 0 Å². The predicted molar refractivity (Wildman–Crippen MR) is 111 cm³/mol. The molecule has 7 nitrogen and oxygen atoms in total. The molecule has 150 valence electrons. The Morgan fingerprint density at radius 1 is 1.14 bits per heavy atom. The van der Waals surface area contributed by atoms with Gasteiger partial charge in [0.2, 0.25) is 5.82 Å². The molecule has 0 aromatic carbocycles. The van der Waals surface area contributed by atoms with Gasteiger partial charge in [0.1, 0.15) is 5.82 Å². The number of carbonyl (C=O) groups excluding carboxylic acids is 1. The lowest BCUT2D eigenvalue weighted by molar-refractivity contribution is 0.0815. The Hall–Kier alpha value is -2.54. The molecular weight excluding hydrogens is 352 g/mol. The zero-order chi connectivity index (χ0) is 20.4. The molecule has 0 aliphatic carbocycles. The molecule has 1 amide bonds. The van der Waals surface area contributed by atoms with Crippen molar-refractivity contribution in [2.75, 3.05) is 32.1 Å². The molecule has 0 unspecified atom stereocenters. The number of aromatic nitrogens is 3. The van der Waals surface area contributed by atoms with Crippen LogP contribution in [0.15, 0.2) is 12.1 Å². The molecule has 1 aliphatic rings. The van der Waals surface area contributed by atoms with Crippen LogP contribution in [0.1, 0.15) is 45.2 Å². The van der Waals surface area contributed by atoms with Crippen LogP contribution in [0.25, 0.3) is 0 Å². The normalized spacial score (nSPS) is 16.5. The second kappa shape index (κ2) is 8.22. The van der Waals surface area contributed by atoms with E-state index in [4.69, 9.17) is 0 Å². The molecular formula is C21H30N6O. The van der Waals surface area contributed by atoms with Gasteiger partial charge < -0.3 is 15.1 Å². The second-order valence-corrected chi connectivity index (χ2v) is 7.79. The highest BCUT2D eigenvalue weighted by Gasteiger charge is 2.26. The van der Waals surface area contributed by atoms with Crippen LogP contribution >= 0.6 is 0 Å². The third kappa shape index (κ3) is 4.30. The smallest absolute Gasteiger partial charge is 0.291 e. The average molecular weight is 383 g/mol. The lowest BCUT2D eigenvalue weighted by atomic mass is 10.1. The summed E-state index contributed by atoms with van der Waals surface area (Å²) in [5, 5.41) is 3.65. The van der Waals surface area contributed by atoms with Gasteiger partial charge in [0.15, 0.2) is 0 Å². The fourth-order valence-electron chi connectivity index (χ4n) is 3.49. The van der Waals surface area contributed by atoms with Gasteiger partial charge in [-0.1, -0.05) is 6.07 Å². The van der Waals surface area contributed by atoms with Crippen LogP contribution in [0.5, 0.6) is 0 Å². The number of hydrogen-bond acceptors (Lipinski definition) is 6. The summed E-state index contributed by atoms with van der Waals surface area (Å²) in [6, 6.07) is 4.58. The minimum Gasteiger partial charge on any atom is -0.355 e. The van der Waals surface area contributed by atoms with Crippen LogP contribution in [-0.2, 0) is 6.54 Å². The predicted octanol–water partition coefficient (Wildman–Crippen LogP) is 2.18. The molecule has 0 spiro atoms. The van der Waals surface area contributed by atoms with Crippen molar-refractivity contribution in [1.82, 2.24) is 25.2 Å². The number of aryl methyl sites for hydroxylation is 3. The summed E-state index contributed by atoms with van der Waals surface area (Å²) in [6.07, 6.45) is 1.04. The van der Waals surface area contributed by atoms with E-state index in [0.29, 0.717) is 6.04 Å². The first-order chi connectivity index (χ1) is 13.3. The van der Waals surface area contributed by atoms with Gasteiger partial charge in [-0.3, -0.25) is 9.78 Å². The van der Waals surface area contributed by atoms with E-state index < -0.39 is 0 Å². The van der Waals surface area contributed by atoms with Crippen LogP contribution in [0.3, 0.4) is 0 Å². The van der Waals surface area contributed by atoms with Gasteiger partial charge in [0, 0.05) is 62.4 Å². The van der Waals surface area contributed by atoms with E-state index in [1.807, 2.05) is 20.8 Å². The number of carbonyl (C=O) groups is 1. The van der Waals surface area contributed by atoms with E-state index in [-0.39, 0.29) is 11.7 Å². The maximum Gasteiger partial charge on any atom is 0.291 e. The molecule has 3 rings (SSSR count). The molecule has 28 heavy (non-hydrogen) atoms. The molecule has 1 saturated heterocycles. The number of hydrogen-bond donors (Lipinski definition) is 1. The lowest BCUT2D eigenvalue weighted by Crippen LogP contribution is -2.33. The lowest BCUT2D eigenvalue weighted by Gasteiger charge is -2.22. The van der Waals surface area contributed by atoms with Crippen LogP contribution in [0, 0.1) is 27.7 Å². The largest absolute Gasteiger partial charge is 0.355 e. The van der Waals surface area contributed by atoms with Crippen LogP contribution in [0.4, 0.5) is 5.82 Å². The third-order valence-electron chi connectivity index (χ3n) is 5.36. The maximum atomic E-state index is 12.3. The van der Waals surface area contributed by atoms with Crippen molar-refractivity contribution in [2.45, 2.75) is 46.7 Å². The Morgan fingerprint density at radius 2 is 1.89 bits per heavy atom. The number of pyridine rings is 1. The standard InChI is InChI=1S/C21H30N6O/c1-13-7-8-17(16(4)23-13)11-22-18-9-10-27(12-18)20-14(2)15(3)24-19(25-20)21(28)26(5)6/h7-8,18,22H,9-12H2,1-6H3/t18-/m1/s1. The summed E-state index contributed by atoms with van der Waals surface area (Å²) < 4.78 is 0. The van der Waals surface area contributed by atoms with E-state index in [2.05, 4.69) is 44.2 Å². The molecule has 1 fully saturated rings. The number of nitrogens with zero attached hydrogens (tertiary/aromatic N) is 5. The van der Waals surface area contributed by atoms with Crippen LogP contribution in [-0.4, -0.2) is 59.0 Å². The summed E-state index contributed by atoms with van der Waals surface area (Å²) in [4.78, 5) is 29.6. The minimum atomic E-state index is -0.166. The third-order valence-corrected chi connectivity index (χ3v) is 5.36. The molecule has 1 N–H and O–H groups in total. The zero-order valence-electron chi connectivity index (χ0n) is 17.7. The van der Waals surface area contributed by atoms with Crippen LogP contribution in [0.2, 0.25) is 0 Å². The van der Waals surface area contributed by atoms with E-state index >= 15 is 0 Å². The van der Waals surface area contributed by atoms with Gasteiger partial charge in [0.05, 0.1) is 0 Å². The van der Waals surface area contributed by atoms with Crippen molar-refractivity contribution in [3.63, 3.8) is 0 Å². The molecule has 1 atom stereocenters. The highest BCUT2D eigenvalue weighted by atomic mass is 16.2. The van der Waals surface area contributed by atoms with Crippen LogP contribution < -0.4 is 10.2 Å². The summed E-state index contributed by atoms with van der Waals surface area (Å²) in [5.41, 5.74) is 5.25. The van der Waals surface area contributed by atoms with Gasteiger partial charge in [-0.2, -0.15) is 0 Å². The first-order valence-corrected chi connectivity index (χ1v) is 9.74. The summed E-state index contributed by atoms with van der Waals surface area (Å²) in [7, 11) is 3.44. The minimum absolute atomic E-state index is 0.166. The quantitative estimate of drug-likeness (QED) is 0.854. The number of amides is 1. The van der Waals surface area contributed by atoms with Crippen molar-refractivity contribution >= 4 is 11.7 Å². The van der Waals surface area contributed by atoms with Crippen molar-refractivity contribution < 1.29 is 4.79 Å². The first-order valence-electron chi connectivity index (χ1n) is 9.74. The fraction of sp³-hybridized carbons (Fsp3) is 0.524. The highest BCUT2D eigenvalue weighted by Crippen LogP contribution is 2.24. The number of rotatable bonds is 5. The molecule has 7 heteroatoms. The molecule has 3 heterocycles. The highest BCUT2D eigenvalue weighted by molar-refractivity contribution is 5.90. The van der Waals surface area contributed by atoms with Gasteiger partial charge in [-0.25, -0.2) is 9.97 Å². The van der Waals surface area contributed by atoms with E-state index in [1.54, 1.807) is 14.1 Å². The summed E-state index contributed by atoms with van der Waals surface area (Å²) >= 11 is 0. The molecule has 0 radical (unpaired) electrons. The molecule has 1 aliphatic heterocycles.